The highest BCUT2D eigenvalue weighted by atomic mass is 19.4. The monoisotopic (exact) mass is 472 g/mol. The van der Waals surface area contributed by atoms with E-state index in [1.165, 1.54) is 16.8 Å². The number of aryl methyl sites for hydroxylation is 2. The number of alkyl halides is 3. The fourth-order valence-corrected chi connectivity index (χ4v) is 3.83. The number of nitrogens with zero attached hydrogens (tertiary/aromatic N) is 2. The maximum atomic E-state index is 12.8. The summed E-state index contributed by atoms with van der Waals surface area (Å²) in [5.74, 6) is 0.701. The van der Waals surface area contributed by atoms with Gasteiger partial charge in [-0.2, -0.15) is 13.2 Å². The number of halogens is 3. The standard InChI is InChI=1S/C25H23F3N2O4/c1-2-21-17(14-22(34-21)16-9-11-18(12-10-16)25(26,27)28)6-5-13-33-24-19-7-3-4-8-20(19)30(29-24)15-23(31)32/h3-4,7-12,14H,2,5-6,13,15H2,1H3,(H,31,32). The quantitative estimate of drug-likeness (QED) is 0.304. The Morgan fingerprint density at radius 1 is 1.15 bits per heavy atom. The third kappa shape index (κ3) is 5.08. The summed E-state index contributed by atoms with van der Waals surface area (Å²) >= 11 is 0. The number of rotatable bonds is 9. The zero-order valence-electron chi connectivity index (χ0n) is 18.4. The summed E-state index contributed by atoms with van der Waals surface area (Å²) in [7, 11) is 0. The van der Waals surface area contributed by atoms with Gasteiger partial charge < -0.3 is 14.3 Å². The highest BCUT2D eigenvalue weighted by molar-refractivity contribution is 5.85. The van der Waals surface area contributed by atoms with Gasteiger partial charge in [0.05, 0.1) is 23.1 Å². The Kier molecular flexibility index (Phi) is 6.63. The Balaban J connectivity index is 1.42. The summed E-state index contributed by atoms with van der Waals surface area (Å²) in [4.78, 5) is 11.1. The van der Waals surface area contributed by atoms with Crippen molar-refractivity contribution in [1.29, 1.82) is 0 Å². The van der Waals surface area contributed by atoms with Crippen LogP contribution in [0.1, 0.15) is 30.2 Å². The van der Waals surface area contributed by atoms with Gasteiger partial charge in [-0.3, -0.25) is 4.79 Å². The molecule has 1 N–H and O–H groups in total. The van der Waals surface area contributed by atoms with Crippen molar-refractivity contribution in [1.82, 2.24) is 9.78 Å². The van der Waals surface area contributed by atoms with Crippen molar-refractivity contribution < 1.29 is 32.2 Å². The third-order valence-corrected chi connectivity index (χ3v) is 5.45. The molecule has 2 aromatic carbocycles. The Hall–Kier alpha value is -3.75. The second-order valence-electron chi connectivity index (χ2n) is 7.81. The summed E-state index contributed by atoms with van der Waals surface area (Å²) in [6.07, 6.45) is -2.42. The van der Waals surface area contributed by atoms with Gasteiger partial charge in [-0.25, -0.2) is 4.68 Å². The molecule has 0 bridgehead atoms. The van der Waals surface area contributed by atoms with Gasteiger partial charge >= 0.3 is 12.1 Å². The smallest absolute Gasteiger partial charge is 0.416 e. The first kappa shape index (κ1) is 23.4. The molecule has 6 nitrogen and oxygen atoms in total. The topological polar surface area (TPSA) is 77.5 Å². The van der Waals surface area contributed by atoms with Crippen molar-refractivity contribution in [3.8, 4) is 17.2 Å². The molecule has 2 aromatic heterocycles. The fourth-order valence-electron chi connectivity index (χ4n) is 3.83. The van der Waals surface area contributed by atoms with Gasteiger partial charge in [0.1, 0.15) is 18.1 Å². The molecule has 178 valence electrons. The highest BCUT2D eigenvalue weighted by Crippen LogP contribution is 2.32. The van der Waals surface area contributed by atoms with Crippen molar-refractivity contribution >= 4 is 16.9 Å². The maximum Gasteiger partial charge on any atom is 0.416 e. The number of aliphatic carboxylic acids is 1. The number of hydrogen-bond acceptors (Lipinski definition) is 4. The molecule has 0 aliphatic rings. The first-order valence-electron chi connectivity index (χ1n) is 10.9. The van der Waals surface area contributed by atoms with Crippen LogP contribution in [-0.4, -0.2) is 27.5 Å². The average molecular weight is 472 g/mol. The summed E-state index contributed by atoms with van der Waals surface area (Å²) in [6, 6.07) is 14.0. The van der Waals surface area contributed by atoms with Crippen LogP contribution in [0, 0.1) is 0 Å². The number of hydrogen-bond donors (Lipinski definition) is 1. The van der Waals surface area contributed by atoms with E-state index in [-0.39, 0.29) is 6.54 Å². The molecule has 0 aliphatic heterocycles. The lowest BCUT2D eigenvalue weighted by molar-refractivity contribution is -0.138. The van der Waals surface area contributed by atoms with Crippen LogP contribution in [-0.2, 0) is 30.4 Å². The molecule has 0 saturated heterocycles. The van der Waals surface area contributed by atoms with E-state index in [2.05, 4.69) is 5.10 Å². The number of carboxylic acids is 1. The first-order chi connectivity index (χ1) is 16.3. The van der Waals surface area contributed by atoms with E-state index >= 15 is 0 Å². The van der Waals surface area contributed by atoms with E-state index < -0.39 is 17.7 Å². The molecule has 0 radical (unpaired) electrons. The molecular weight excluding hydrogens is 449 g/mol. The van der Waals surface area contributed by atoms with Crippen LogP contribution < -0.4 is 4.74 Å². The number of furan rings is 1. The van der Waals surface area contributed by atoms with Crippen LogP contribution in [0.5, 0.6) is 5.88 Å². The van der Waals surface area contributed by atoms with Crippen LogP contribution in [0.4, 0.5) is 13.2 Å². The van der Waals surface area contributed by atoms with Gasteiger partial charge in [0.25, 0.3) is 0 Å². The molecule has 0 fully saturated rings. The van der Waals surface area contributed by atoms with Crippen molar-refractivity contribution in [3.63, 3.8) is 0 Å². The molecule has 0 saturated carbocycles. The van der Waals surface area contributed by atoms with Gasteiger partial charge in [0, 0.05) is 12.0 Å². The van der Waals surface area contributed by atoms with Crippen LogP contribution in [0.3, 0.4) is 0 Å². The zero-order chi connectivity index (χ0) is 24.3. The summed E-state index contributed by atoms with van der Waals surface area (Å²) in [5, 5.41) is 14.1. The normalized spacial score (nSPS) is 11.8. The average Bonchev–Trinajstić information content (AvgIpc) is 3.37. The Labute approximate surface area is 193 Å². The summed E-state index contributed by atoms with van der Waals surface area (Å²) in [5.41, 5.74) is 1.54. The molecule has 34 heavy (non-hydrogen) atoms. The van der Waals surface area contributed by atoms with E-state index in [1.54, 1.807) is 6.07 Å². The molecule has 0 amide bonds. The molecule has 9 heteroatoms. The fraction of sp³-hybridized carbons (Fsp3) is 0.280. The Morgan fingerprint density at radius 3 is 2.56 bits per heavy atom. The molecule has 0 unspecified atom stereocenters. The molecule has 0 spiro atoms. The van der Waals surface area contributed by atoms with Crippen LogP contribution in [0.15, 0.2) is 59.0 Å². The highest BCUT2D eigenvalue weighted by Gasteiger charge is 2.30. The molecule has 4 rings (SSSR count). The minimum Gasteiger partial charge on any atom is -0.480 e. The molecule has 2 heterocycles. The number of ether oxygens (including phenoxy) is 1. The van der Waals surface area contributed by atoms with E-state index in [9.17, 15) is 18.0 Å². The number of fused-ring (bicyclic) bond motifs is 1. The van der Waals surface area contributed by atoms with Gasteiger partial charge in [-0.05, 0) is 48.7 Å². The van der Waals surface area contributed by atoms with Gasteiger partial charge in [0.15, 0.2) is 0 Å². The summed E-state index contributed by atoms with van der Waals surface area (Å²) < 4.78 is 51.6. The lowest BCUT2D eigenvalue weighted by Gasteiger charge is -2.06. The number of benzene rings is 2. The number of aromatic nitrogens is 2. The van der Waals surface area contributed by atoms with Crippen molar-refractivity contribution in [2.75, 3.05) is 6.61 Å². The third-order valence-electron chi connectivity index (χ3n) is 5.45. The number of para-hydroxylation sites is 1. The maximum absolute atomic E-state index is 12.8. The van der Waals surface area contributed by atoms with Crippen molar-refractivity contribution in [2.45, 2.75) is 38.9 Å². The SMILES string of the molecule is CCc1oc(-c2ccc(C(F)(F)F)cc2)cc1CCCOc1nn(CC(=O)O)c2ccccc12. The van der Waals surface area contributed by atoms with Crippen molar-refractivity contribution in [2.24, 2.45) is 0 Å². The lowest BCUT2D eigenvalue weighted by atomic mass is 10.1. The minimum absolute atomic E-state index is 0.258. The first-order valence-corrected chi connectivity index (χ1v) is 10.9. The summed E-state index contributed by atoms with van der Waals surface area (Å²) in [6.45, 7) is 2.06. The van der Waals surface area contributed by atoms with E-state index in [0.29, 0.717) is 48.6 Å². The van der Waals surface area contributed by atoms with Gasteiger partial charge in [-0.1, -0.05) is 31.2 Å². The predicted molar refractivity (Wildman–Crippen MR) is 120 cm³/mol. The lowest BCUT2D eigenvalue weighted by Crippen LogP contribution is -2.10. The molecule has 0 aliphatic carbocycles. The van der Waals surface area contributed by atoms with Crippen LogP contribution in [0.25, 0.3) is 22.2 Å². The number of carbonyl (C=O) groups is 1. The predicted octanol–water partition coefficient (Wildman–Crippen LogP) is 5.97. The molecule has 0 atom stereocenters. The minimum atomic E-state index is -4.38. The second-order valence-corrected chi connectivity index (χ2v) is 7.81. The van der Waals surface area contributed by atoms with Gasteiger partial charge in [-0.15, -0.1) is 5.10 Å². The van der Waals surface area contributed by atoms with Crippen LogP contribution >= 0.6 is 0 Å². The van der Waals surface area contributed by atoms with Gasteiger partial charge in [0.2, 0.25) is 5.88 Å². The van der Waals surface area contributed by atoms with E-state index in [4.69, 9.17) is 14.3 Å². The molecular formula is C25H23F3N2O4. The Bertz CT molecular complexity index is 1290. The van der Waals surface area contributed by atoms with Crippen LogP contribution in [0.2, 0.25) is 0 Å². The molecule has 4 aromatic rings. The Morgan fingerprint density at radius 2 is 1.88 bits per heavy atom. The van der Waals surface area contributed by atoms with E-state index in [1.807, 2.05) is 31.2 Å². The largest absolute Gasteiger partial charge is 0.480 e. The van der Waals surface area contributed by atoms with Crippen molar-refractivity contribution in [3.05, 3.63) is 71.5 Å². The zero-order valence-corrected chi connectivity index (χ0v) is 18.4. The van der Waals surface area contributed by atoms with E-state index in [0.717, 1.165) is 28.8 Å². The second kappa shape index (κ2) is 9.62. The number of carboxylic acid groups (broad SMARTS) is 1.